The Morgan fingerprint density at radius 1 is 1.04 bits per heavy atom. The molecule has 1 heterocycles. The lowest BCUT2D eigenvalue weighted by Crippen LogP contribution is -2.30. The van der Waals surface area contributed by atoms with Crippen molar-refractivity contribution < 1.29 is 34.2 Å². The molecule has 0 spiro atoms. The van der Waals surface area contributed by atoms with Crippen molar-refractivity contribution in [2.45, 2.75) is 32.1 Å². The van der Waals surface area contributed by atoms with E-state index in [2.05, 4.69) is 15.5 Å². The van der Waals surface area contributed by atoms with Crippen LogP contribution in [0.25, 0.3) is 0 Å². The summed E-state index contributed by atoms with van der Waals surface area (Å²) in [7, 11) is 0. The Labute approximate surface area is 150 Å². The van der Waals surface area contributed by atoms with E-state index >= 15 is 0 Å². The average Bonchev–Trinajstić information content (AvgIpc) is 3.02. The van der Waals surface area contributed by atoms with Gasteiger partial charge in [-0.25, -0.2) is 5.84 Å². The number of aryl methyl sites for hydroxylation is 1. The van der Waals surface area contributed by atoms with Gasteiger partial charge in [0.2, 0.25) is 16.9 Å². The second-order valence-corrected chi connectivity index (χ2v) is 6.13. The second kappa shape index (κ2) is 10.1. The molecule has 2 amide bonds. The van der Waals surface area contributed by atoms with Crippen molar-refractivity contribution in [2.24, 2.45) is 11.8 Å². The van der Waals surface area contributed by atoms with Gasteiger partial charge in [0.25, 0.3) is 0 Å². The van der Waals surface area contributed by atoms with Crippen molar-refractivity contribution >= 4 is 46.0 Å². The Hall–Kier alpha value is -2.93. The zero-order valence-electron chi connectivity index (χ0n) is 13.4. The lowest BCUT2D eigenvalue weighted by atomic mass is 9.97. The van der Waals surface area contributed by atoms with Gasteiger partial charge in [-0.15, -0.1) is 10.2 Å². The normalized spacial score (nSPS) is 11.4. The summed E-state index contributed by atoms with van der Waals surface area (Å²) in [5.74, 6) is -1.53. The molecule has 1 aromatic heterocycles. The molecule has 12 nitrogen and oxygen atoms in total. The first-order chi connectivity index (χ1) is 12.2. The second-order valence-electron chi connectivity index (χ2n) is 5.07. The highest BCUT2D eigenvalue weighted by atomic mass is 32.1. The number of nitrogens with zero attached hydrogens (tertiary/aromatic N) is 2. The number of hydrogen-bond acceptors (Lipinski definition) is 9. The molecule has 0 aliphatic rings. The third-order valence-electron chi connectivity index (χ3n) is 3.10. The van der Waals surface area contributed by atoms with E-state index in [0.717, 1.165) is 11.3 Å². The predicted octanol–water partition coefficient (Wildman–Crippen LogP) is -1.08. The molecule has 1 atom stereocenters. The molecule has 26 heavy (non-hydrogen) atoms. The lowest BCUT2D eigenvalue weighted by Gasteiger charge is -2.08. The maximum Gasteiger partial charge on any atom is 0.314 e. The van der Waals surface area contributed by atoms with Gasteiger partial charge in [-0.05, 0) is 0 Å². The molecule has 0 aromatic carbocycles. The summed E-state index contributed by atoms with van der Waals surface area (Å²) in [5, 5.41) is 28.0. The molecule has 0 saturated carbocycles. The Morgan fingerprint density at radius 2 is 1.73 bits per heavy atom. The number of hydrazine groups is 1. The minimum absolute atomic E-state index is 0.105. The van der Waals surface area contributed by atoms with Crippen LogP contribution in [0.4, 0.5) is 5.13 Å². The van der Waals surface area contributed by atoms with Crippen molar-refractivity contribution in [2.75, 3.05) is 5.32 Å². The summed E-state index contributed by atoms with van der Waals surface area (Å²) in [6.45, 7) is 0. The number of aromatic nitrogens is 2. The molecule has 1 aromatic rings. The fourth-order valence-electron chi connectivity index (χ4n) is 1.80. The Kier molecular flexibility index (Phi) is 8.24. The number of hydrogen-bond donors (Lipinski definition) is 5. The van der Waals surface area contributed by atoms with Gasteiger partial charge in [0.1, 0.15) is 16.7 Å². The maximum absolute atomic E-state index is 11.8. The van der Waals surface area contributed by atoms with Crippen LogP contribution in [0.15, 0.2) is 0 Å². The van der Waals surface area contributed by atoms with E-state index in [4.69, 9.17) is 16.1 Å². The molecular weight excluding hydrogens is 370 g/mol. The number of Topliss-reactive ketones (excluding diaryl/α,β-unsaturated/α-hetero) is 1. The molecule has 0 radical (unpaired) electrons. The fraction of sp³-hybridized carbons (Fsp3) is 0.462. The molecule has 13 heteroatoms. The molecule has 1 unspecified atom stereocenters. The lowest BCUT2D eigenvalue weighted by molar-refractivity contribution is -0.152. The van der Waals surface area contributed by atoms with Gasteiger partial charge in [-0.2, -0.15) is 0 Å². The number of rotatable bonds is 11. The zero-order valence-corrected chi connectivity index (χ0v) is 14.2. The fourth-order valence-corrected chi connectivity index (χ4v) is 2.56. The number of carboxylic acids is 2. The highest BCUT2D eigenvalue weighted by molar-refractivity contribution is 7.15. The van der Waals surface area contributed by atoms with Gasteiger partial charge in [0, 0.05) is 25.7 Å². The largest absolute Gasteiger partial charge is 0.481 e. The molecule has 142 valence electrons. The number of nitrogens with one attached hydrogen (secondary N) is 2. The third-order valence-corrected chi connectivity index (χ3v) is 4.00. The zero-order chi connectivity index (χ0) is 19.7. The smallest absolute Gasteiger partial charge is 0.314 e. The first kappa shape index (κ1) is 21.1. The van der Waals surface area contributed by atoms with E-state index in [1.165, 1.54) is 0 Å². The van der Waals surface area contributed by atoms with Crippen LogP contribution in [0, 0.1) is 5.92 Å². The number of carbonyl (C=O) groups excluding carboxylic acids is 3. The SMILES string of the molecule is NNC(=O)CCc1nnc(NC(=O)CCC(=O)C(CC(=O)O)C(=O)O)s1. The van der Waals surface area contributed by atoms with Crippen LogP contribution in [0.3, 0.4) is 0 Å². The van der Waals surface area contributed by atoms with Crippen molar-refractivity contribution in [1.82, 2.24) is 15.6 Å². The van der Waals surface area contributed by atoms with Crippen molar-refractivity contribution in [3.63, 3.8) is 0 Å². The van der Waals surface area contributed by atoms with Gasteiger partial charge >= 0.3 is 11.9 Å². The molecular formula is C13H17N5O7S. The highest BCUT2D eigenvalue weighted by Crippen LogP contribution is 2.17. The van der Waals surface area contributed by atoms with Crippen LogP contribution in [-0.4, -0.2) is 49.9 Å². The van der Waals surface area contributed by atoms with Gasteiger partial charge in [-0.3, -0.25) is 29.4 Å². The monoisotopic (exact) mass is 387 g/mol. The van der Waals surface area contributed by atoms with Gasteiger partial charge < -0.3 is 15.5 Å². The summed E-state index contributed by atoms with van der Waals surface area (Å²) in [4.78, 5) is 56.1. The number of anilines is 1. The standard InChI is InChI=1S/C13H17N5O7S/c14-16-9(21)3-4-10-17-18-13(26-10)15-8(20)2-1-7(19)6(12(24)25)5-11(22)23/h6H,1-5,14H2,(H,16,21)(H,22,23)(H,24,25)(H,15,18,20). The Balaban J connectivity index is 2.47. The Morgan fingerprint density at radius 3 is 2.31 bits per heavy atom. The molecule has 0 bridgehead atoms. The van der Waals surface area contributed by atoms with E-state index in [1.807, 2.05) is 5.43 Å². The summed E-state index contributed by atoms with van der Waals surface area (Å²) < 4.78 is 0. The molecule has 0 aliphatic carbocycles. The van der Waals surface area contributed by atoms with Crippen LogP contribution < -0.4 is 16.6 Å². The van der Waals surface area contributed by atoms with Gasteiger partial charge in [0.15, 0.2) is 0 Å². The average molecular weight is 387 g/mol. The first-order valence-electron chi connectivity index (χ1n) is 7.32. The van der Waals surface area contributed by atoms with Crippen LogP contribution in [0.2, 0.25) is 0 Å². The summed E-state index contributed by atoms with van der Waals surface area (Å²) in [6.07, 6.45) is -1.20. The van der Waals surface area contributed by atoms with Crippen molar-refractivity contribution in [1.29, 1.82) is 0 Å². The minimum atomic E-state index is -1.69. The van der Waals surface area contributed by atoms with E-state index in [-0.39, 0.29) is 30.3 Å². The van der Waals surface area contributed by atoms with E-state index in [9.17, 15) is 24.0 Å². The van der Waals surface area contributed by atoms with Crippen LogP contribution in [-0.2, 0) is 30.4 Å². The molecule has 0 aliphatic heterocycles. The van der Waals surface area contributed by atoms with Crippen molar-refractivity contribution in [3.05, 3.63) is 5.01 Å². The molecule has 0 fully saturated rings. The summed E-state index contributed by atoms with van der Waals surface area (Å²) in [6, 6.07) is 0. The number of ketones is 1. The predicted molar refractivity (Wildman–Crippen MR) is 86.8 cm³/mol. The number of carbonyl (C=O) groups is 5. The van der Waals surface area contributed by atoms with Crippen LogP contribution in [0.5, 0.6) is 0 Å². The summed E-state index contributed by atoms with van der Waals surface area (Å²) >= 11 is 1.04. The van der Waals surface area contributed by atoms with Crippen LogP contribution in [0.1, 0.15) is 30.7 Å². The van der Waals surface area contributed by atoms with Gasteiger partial charge in [-0.1, -0.05) is 11.3 Å². The van der Waals surface area contributed by atoms with Gasteiger partial charge in [0.05, 0.1) is 6.42 Å². The maximum atomic E-state index is 11.8. The molecule has 0 saturated heterocycles. The van der Waals surface area contributed by atoms with Crippen LogP contribution >= 0.6 is 11.3 Å². The molecule has 6 N–H and O–H groups in total. The third kappa shape index (κ3) is 7.31. The van der Waals surface area contributed by atoms with Crippen molar-refractivity contribution in [3.8, 4) is 0 Å². The summed E-state index contributed by atoms with van der Waals surface area (Å²) in [5.41, 5.74) is 1.97. The Bertz CT molecular complexity index is 705. The number of amides is 2. The van der Waals surface area contributed by atoms with E-state index in [0.29, 0.717) is 5.01 Å². The topological polar surface area (TPSA) is 202 Å². The number of carboxylic acid groups (broad SMARTS) is 2. The quantitative estimate of drug-likeness (QED) is 0.134. The van der Waals surface area contributed by atoms with E-state index in [1.54, 1.807) is 0 Å². The number of nitrogens with two attached hydrogens (primary N) is 1. The highest BCUT2D eigenvalue weighted by Gasteiger charge is 2.28. The number of aliphatic carboxylic acids is 2. The minimum Gasteiger partial charge on any atom is -0.481 e. The first-order valence-corrected chi connectivity index (χ1v) is 8.13. The molecule has 1 rings (SSSR count). The van der Waals surface area contributed by atoms with E-state index < -0.39 is 42.4 Å².